The average Bonchev–Trinajstić information content (AvgIpc) is 2.79. The van der Waals surface area contributed by atoms with E-state index in [1.54, 1.807) is 18.2 Å². The van der Waals surface area contributed by atoms with Gasteiger partial charge in [0, 0.05) is 12.0 Å². The summed E-state index contributed by atoms with van der Waals surface area (Å²) in [4.78, 5) is 30.3. The fourth-order valence-corrected chi connectivity index (χ4v) is 2.87. The number of primary amides is 1. The Morgan fingerprint density at radius 2 is 1.78 bits per heavy atom. The van der Waals surface area contributed by atoms with Crippen LogP contribution in [-0.2, 0) is 16.0 Å². The van der Waals surface area contributed by atoms with Crippen molar-refractivity contribution in [2.24, 2.45) is 16.8 Å². The number of rotatable bonds is 3. The topological polar surface area (TPSA) is 94.2 Å². The molecule has 0 saturated heterocycles. The number of urea groups is 1. The molecule has 0 spiro atoms. The first-order valence-electron chi connectivity index (χ1n) is 8.65. The van der Waals surface area contributed by atoms with E-state index in [0.29, 0.717) is 29.1 Å². The summed E-state index contributed by atoms with van der Waals surface area (Å²) in [6, 6.07) is 14.0. The zero-order chi connectivity index (χ0) is 19.4. The first kappa shape index (κ1) is 18.4. The SMILES string of the molecule is CC(C)COC(=O)ON=C1Cc2ccccc2N(C(N)=O)c2ccccc21. The van der Waals surface area contributed by atoms with Gasteiger partial charge in [0.15, 0.2) is 0 Å². The Morgan fingerprint density at radius 1 is 1.11 bits per heavy atom. The smallest absolute Gasteiger partial charge is 0.432 e. The molecule has 0 aromatic heterocycles. The molecule has 1 aliphatic heterocycles. The lowest BCUT2D eigenvalue weighted by Crippen LogP contribution is -2.32. The maximum absolute atomic E-state index is 12.2. The van der Waals surface area contributed by atoms with Crippen molar-refractivity contribution in [2.75, 3.05) is 11.5 Å². The number of anilines is 2. The van der Waals surface area contributed by atoms with Gasteiger partial charge in [0.2, 0.25) is 0 Å². The molecule has 0 saturated carbocycles. The van der Waals surface area contributed by atoms with E-state index in [1.165, 1.54) is 4.90 Å². The first-order chi connectivity index (χ1) is 13.0. The van der Waals surface area contributed by atoms with Crippen molar-refractivity contribution in [1.29, 1.82) is 0 Å². The van der Waals surface area contributed by atoms with Crippen LogP contribution in [0.4, 0.5) is 21.0 Å². The number of nitrogens with zero attached hydrogens (tertiary/aromatic N) is 2. The van der Waals surface area contributed by atoms with E-state index < -0.39 is 12.2 Å². The van der Waals surface area contributed by atoms with Crippen LogP contribution in [0.25, 0.3) is 0 Å². The molecule has 1 heterocycles. The predicted molar refractivity (Wildman–Crippen MR) is 102 cm³/mol. The van der Waals surface area contributed by atoms with Crippen LogP contribution in [0.1, 0.15) is 25.0 Å². The molecule has 3 rings (SSSR count). The molecule has 0 unspecified atom stereocenters. The third kappa shape index (κ3) is 4.08. The van der Waals surface area contributed by atoms with E-state index in [4.69, 9.17) is 15.3 Å². The van der Waals surface area contributed by atoms with E-state index in [0.717, 1.165) is 5.56 Å². The molecule has 0 radical (unpaired) electrons. The van der Waals surface area contributed by atoms with Crippen LogP contribution in [0.15, 0.2) is 53.7 Å². The Labute approximate surface area is 157 Å². The number of benzene rings is 2. The van der Waals surface area contributed by atoms with Gasteiger partial charge in [-0.25, -0.2) is 9.59 Å². The van der Waals surface area contributed by atoms with Crippen molar-refractivity contribution in [3.63, 3.8) is 0 Å². The van der Waals surface area contributed by atoms with Crippen molar-refractivity contribution in [1.82, 2.24) is 0 Å². The fraction of sp³-hybridized carbons (Fsp3) is 0.250. The largest absolute Gasteiger partial charge is 0.535 e. The number of nitrogens with two attached hydrogens (primary N) is 1. The Balaban J connectivity index is 2.00. The van der Waals surface area contributed by atoms with Gasteiger partial charge in [-0.3, -0.25) is 9.74 Å². The first-order valence-corrected chi connectivity index (χ1v) is 8.65. The van der Waals surface area contributed by atoms with E-state index >= 15 is 0 Å². The van der Waals surface area contributed by atoms with Gasteiger partial charge in [-0.15, -0.1) is 0 Å². The summed E-state index contributed by atoms with van der Waals surface area (Å²) in [5.74, 6) is 0.194. The molecule has 2 N–H and O–H groups in total. The lowest BCUT2D eigenvalue weighted by molar-refractivity contribution is 0.0494. The predicted octanol–water partition coefficient (Wildman–Crippen LogP) is 3.97. The average molecular weight is 367 g/mol. The van der Waals surface area contributed by atoms with Gasteiger partial charge in [0.1, 0.15) is 0 Å². The normalized spacial score (nSPS) is 14.3. The third-order valence-electron chi connectivity index (χ3n) is 4.03. The van der Waals surface area contributed by atoms with Crippen molar-refractivity contribution in [3.05, 3.63) is 59.7 Å². The molecule has 2 aromatic carbocycles. The van der Waals surface area contributed by atoms with Gasteiger partial charge >= 0.3 is 12.2 Å². The summed E-state index contributed by atoms with van der Waals surface area (Å²) < 4.78 is 4.99. The molecule has 0 aliphatic carbocycles. The summed E-state index contributed by atoms with van der Waals surface area (Å²) in [6.07, 6.45) is -0.494. The monoisotopic (exact) mass is 367 g/mol. The number of oxime groups is 1. The van der Waals surface area contributed by atoms with Crippen LogP contribution in [0.2, 0.25) is 0 Å². The van der Waals surface area contributed by atoms with Crippen LogP contribution in [0.3, 0.4) is 0 Å². The number of hydrogen-bond donors (Lipinski definition) is 1. The maximum atomic E-state index is 12.2. The summed E-state index contributed by atoms with van der Waals surface area (Å²) in [5.41, 5.74) is 8.89. The number of amides is 2. The molecule has 7 heteroatoms. The zero-order valence-corrected chi connectivity index (χ0v) is 15.2. The quantitative estimate of drug-likeness (QED) is 0.504. The van der Waals surface area contributed by atoms with E-state index in [1.807, 2.05) is 44.2 Å². The number of hydrogen-bond acceptors (Lipinski definition) is 5. The second-order valence-corrected chi connectivity index (χ2v) is 6.58. The molecule has 2 aromatic rings. The second kappa shape index (κ2) is 7.90. The Kier molecular flexibility index (Phi) is 5.40. The number of ether oxygens (including phenoxy) is 1. The van der Waals surface area contributed by atoms with Gasteiger partial charge < -0.3 is 10.5 Å². The highest BCUT2D eigenvalue weighted by atomic mass is 16.8. The third-order valence-corrected chi connectivity index (χ3v) is 4.03. The van der Waals surface area contributed by atoms with Gasteiger partial charge in [0.05, 0.1) is 23.7 Å². The number of fused-ring (bicyclic) bond motifs is 2. The summed E-state index contributed by atoms with van der Waals surface area (Å²) >= 11 is 0. The minimum atomic E-state index is -0.863. The molecular formula is C20H21N3O4. The van der Waals surface area contributed by atoms with Crippen LogP contribution in [-0.4, -0.2) is 24.5 Å². The lowest BCUT2D eigenvalue weighted by Gasteiger charge is -2.22. The van der Waals surface area contributed by atoms with E-state index in [9.17, 15) is 9.59 Å². The summed E-state index contributed by atoms with van der Waals surface area (Å²) in [7, 11) is 0. The van der Waals surface area contributed by atoms with Crippen molar-refractivity contribution in [2.45, 2.75) is 20.3 Å². The van der Waals surface area contributed by atoms with Crippen molar-refractivity contribution < 1.29 is 19.2 Å². The van der Waals surface area contributed by atoms with Crippen LogP contribution in [0, 0.1) is 5.92 Å². The molecule has 0 atom stereocenters. The molecule has 140 valence electrons. The summed E-state index contributed by atoms with van der Waals surface area (Å²) in [6.45, 7) is 4.10. The van der Waals surface area contributed by atoms with Crippen LogP contribution < -0.4 is 10.6 Å². The van der Waals surface area contributed by atoms with Crippen LogP contribution in [0.5, 0.6) is 0 Å². The second-order valence-electron chi connectivity index (χ2n) is 6.58. The van der Waals surface area contributed by atoms with Gasteiger partial charge in [-0.05, 0) is 23.6 Å². The minimum Gasteiger partial charge on any atom is -0.432 e. The summed E-state index contributed by atoms with van der Waals surface area (Å²) in [5, 5.41) is 4.02. The highest BCUT2D eigenvalue weighted by Crippen LogP contribution is 2.35. The van der Waals surface area contributed by atoms with Crippen molar-refractivity contribution in [3.8, 4) is 0 Å². The molecular weight excluding hydrogens is 346 g/mol. The van der Waals surface area contributed by atoms with Gasteiger partial charge in [-0.2, -0.15) is 0 Å². The van der Waals surface area contributed by atoms with Crippen LogP contribution >= 0.6 is 0 Å². The number of carbonyl (C=O) groups excluding carboxylic acids is 2. The molecule has 7 nitrogen and oxygen atoms in total. The lowest BCUT2D eigenvalue weighted by atomic mass is 10.0. The molecule has 1 aliphatic rings. The Bertz CT molecular complexity index is 892. The van der Waals surface area contributed by atoms with Gasteiger partial charge in [0.25, 0.3) is 0 Å². The molecule has 2 amide bonds. The standard InChI is InChI=1S/C20H21N3O4/c1-13(2)12-26-20(25)27-22-16-11-14-7-3-5-9-17(14)23(19(21)24)18-10-6-4-8-15(16)18/h3-10,13H,11-12H2,1-2H3,(H2,21,24). The zero-order valence-electron chi connectivity index (χ0n) is 15.2. The fourth-order valence-electron chi connectivity index (χ4n) is 2.87. The maximum Gasteiger partial charge on any atom is 0.535 e. The van der Waals surface area contributed by atoms with E-state index in [2.05, 4.69) is 5.16 Å². The number of carbonyl (C=O) groups is 2. The molecule has 0 bridgehead atoms. The highest BCUT2D eigenvalue weighted by molar-refractivity contribution is 6.13. The molecule has 27 heavy (non-hydrogen) atoms. The highest BCUT2D eigenvalue weighted by Gasteiger charge is 2.27. The van der Waals surface area contributed by atoms with Crippen molar-refractivity contribution >= 4 is 29.3 Å². The Hall–Kier alpha value is -3.35. The minimum absolute atomic E-state index is 0.194. The molecule has 0 fully saturated rings. The van der Waals surface area contributed by atoms with Gasteiger partial charge in [-0.1, -0.05) is 55.4 Å². The Morgan fingerprint density at radius 3 is 2.48 bits per heavy atom. The van der Waals surface area contributed by atoms with E-state index in [-0.39, 0.29) is 12.5 Å². The number of para-hydroxylation sites is 2.